The van der Waals surface area contributed by atoms with Crippen LogP contribution in [0.1, 0.15) is 20.3 Å². The van der Waals surface area contributed by atoms with Gasteiger partial charge in [-0.1, -0.05) is 0 Å². The molecule has 0 aromatic carbocycles. The maximum Gasteiger partial charge on any atom is 0.304 e. The average molecular weight is 202 g/mol. The van der Waals surface area contributed by atoms with Crippen molar-refractivity contribution >= 4 is 5.97 Å². The summed E-state index contributed by atoms with van der Waals surface area (Å²) in [5.41, 5.74) is 0. The predicted molar refractivity (Wildman–Crippen MR) is 57.5 cm³/mol. The summed E-state index contributed by atoms with van der Waals surface area (Å²) in [5.74, 6) is -0.722. The molecule has 0 radical (unpaired) electrons. The van der Waals surface area contributed by atoms with E-state index in [1.165, 1.54) is 0 Å². The summed E-state index contributed by atoms with van der Waals surface area (Å²) in [6, 6.07) is 0.411. The number of hydrogen-bond donors (Lipinski definition) is 1. The van der Waals surface area contributed by atoms with Crippen LogP contribution in [0.2, 0.25) is 0 Å². The van der Waals surface area contributed by atoms with Crippen LogP contribution in [0.4, 0.5) is 0 Å². The van der Waals surface area contributed by atoms with Crippen LogP contribution in [-0.2, 0) is 4.79 Å². The van der Waals surface area contributed by atoms with Gasteiger partial charge in [0.2, 0.25) is 0 Å². The average Bonchev–Trinajstić information content (AvgIpc) is 2.02. The van der Waals surface area contributed by atoms with E-state index in [-0.39, 0.29) is 6.42 Å². The van der Waals surface area contributed by atoms with Gasteiger partial charge in [0.1, 0.15) is 0 Å². The van der Waals surface area contributed by atoms with Gasteiger partial charge in [-0.05, 0) is 27.9 Å². The number of hydrogen-bond acceptors (Lipinski definition) is 3. The topological polar surface area (TPSA) is 43.8 Å². The molecule has 4 heteroatoms. The number of nitrogens with zero attached hydrogens (tertiary/aromatic N) is 2. The molecule has 0 bridgehead atoms. The Morgan fingerprint density at radius 2 is 1.79 bits per heavy atom. The summed E-state index contributed by atoms with van der Waals surface area (Å²) in [7, 11) is 4.05. The Kier molecular flexibility index (Phi) is 6.49. The molecule has 0 heterocycles. The lowest BCUT2D eigenvalue weighted by Crippen LogP contribution is -2.38. The zero-order valence-electron chi connectivity index (χ0n) is 9.66. The van der Waals surface area contributed by atoms with E-state index in [4.69, 9.17) is 5.11 Å². The van der Waals surface area contributed by atoms with Crippen LogP contribution in [0, 0.1) is 0 Å². The normalized spacial score (nSPS) is 11.6. The molecule has 1 N–H and O–H groups in total. The standard InChI is InChI=1S/C10H22N2O2/c1-9(2)12(6-5-10(13)14)8-7-11(3)4/h9H,5-8H2,1-4H3,(H,13,14). The molecule has 0 amide bonds. The molecule has 0 rings (SSSR count). The van der Waals surface area contributed by atoms with Gasteiger partial charge in [-0.3, -0.25) is 9.69 Å². The first kappa shape index (κ1) is 13.4. The molecule has 0 saturated heterocycles. The molecule has 0 aromatic rings. The summed E-state index contributed by atoms with van der Waals surface area (Å²) in [4.78, 5) is 14.7. The molecule has 0 aliphatic heterocycles. The van der Waals surface area contributed by atoms with E-state index in [0.717, 1.165) is 13.1 Å². The number of rotatable bonds is 7. The molecule has 0 fully saturated rings. The quantitative estimate of drug-likeness (QED) is 0.661. The molecule has 0 aliphatic rings. The molecule has 0 aromatic heterocycles. The van der Waals surface area contributed by atoms with Crippen LogP contribution in [0.15, 0.2) is 0 Å². The smallest absolute Gasteiger partial charge is 0.304 e. The van der Waals surface area contributed by atoms with Gasteiger partial charge in [-0.25, -0.2) is 0 Å². The van der Waals surface area contributed by atoms with Crippen molar-refractivity contribution in [3.8, 4) is 0 Å². The largest absolute Gasteiger partial charge is 0.481 e. The van der Waals surface area contributed by atoms with E-state index in [1.54, 1.807) is 0 Å². The second kappa shape index (κ2) is 6.79. The Labute approximate surface area is 86.5 Å². The Morgan fingerprint density at radius 3 is 2.14 bits per heavy atom. The maximum atomic E-state index is 10.4. The lowest BCUT2D eigenvalue weighted by molar-refractivity contribution is -0.137. The molecule has 0 spiro atoms. The van der Waals surface area contributed by atoms with Gasteiger partial charge in [0.25, 0.3) is 0 Å². The summed E-state index contributed by atoms with van der Waals surface area (Å²) in [5, 5.41) is 8.58. The fourth-order valence-electron chi connectivity index (χ4n) is 1.20. The third kappa shape index (κ3) is 6.86. The fraction of sp³-hybridized carbons (Fsp3) is 0.900. The Balaban J connectivity index is 3.84. The number of carboxylic acids is 1. The minimum Gasteiger partial charge on any atom is -0.481 e. The number of likely N-dealkylation sites (N-methyl/N-ethyl adjacent to an activating group) is 1. The van der Waals surface area contributed by atoms with E-state index < -0.39 is 5.97 Å². The van der Waals surface area contributed by atoms with E-state index in [0.29, 0.717) is 12.6 Å². The van der Waals surface area contributed by atoms with Gasteiger partial charge in [0.15, 0.2) is 0 Å². The van der Waals surface area contributed by atoms with Crippen molar-refractivity contribution in [2.24, 2.45) is 0 Å². The Morgan fingerprint density at radius 1 is 1.21 bits per heavy atom. The number of aliphatic carboxylic acids is 1. The monoisotopic (exact) mass is 202 g/mol. The molecule has 14 heavy (non-hydrogen) atoms. The molecule has 0 atom stereocenters. The highest BCUT2D eigenvalue weighted by Crippen LogP contribution is 1.99. The maximum absolute atomic E-state index is 10.4. The lowest BCUT2D eigenvalue weighted by Gasteiger charge is -2.27. The van der Waals surface area contributed by atoms with Gasteiger partial charge in [0, 0.05) is 25.7 Å². The highest BCUT2D eigenvalue weighted by molar-refractivity contribution is 5.66. The third-order valence-corrected chi connectivity index (χ3v) is 2.18. The van der Waals surface area contributed by atoms with Gasteiger partial charge in [-0.15, -0.1) is 0 Å². The van der Waals surface area contributed by atoms with Gasteiger partial charge >= 0.3 is 5.97 Å². The van der Waals surface area contributed by atoms with Crippen LogP contribution in [0.3, 0.4) is 0 Å². The zero-order valence-corrected chi connectivity index (χ0v) is 9.66. The lowest BCUT2D eigenvalue weighted by atomic mass is 10.3. The highest BCUT2D eigenvalue weighted by Gasteiger charge is 2.10. The van der Waals surface area contributed by atoms with E-state index in [2.05, 4.69) is 23.6 Å². The SMILES string of the molecule is CC(C)N(CCC(=O)O)CCN(C)C. The summed E-state index contributed by atoms with van der Waals surface area (Å²) < 4.78 is 0. The molecular formula is C10H22N2O2. The Bertz CT molecular complexity index is 170. The van der Waals surface area contributed by atoms with Crippen molar-refractivity contribution in [3.05, 3.63) is 0 Å². The van der Waals surface area contributed by atoms with Crippen molar-refractivity contribution in [1.82, 2.24) is 9.80 Å². The first-order chi connectivity index (χ1) is 6.43. The van der Waals surface area contributed by atoms with Crippen molar-refractivity contribution in [2.75, 3.05) is 33.7 Å². The van der Waals surface area contributed by atoms with Crippen LogP contribution >= 0.6 is 0 Å². The van der Waals surface area contributed by atoms with Crippen molar-refractivity contribution in [2.45, 2.75) is 26.3 Å². The second-order valence-electron chi connectivity index (χ2n) is 4.08. The van der Waals surface area contributed by atoms with E-state index in [1.807, 2.05) is 14.1 Å². The second-order valence-corrected chi connectivity index (χ2v) is 4.08. The molecule has 0 unspecified atom stereocenters. The van der Waals surface area contributed by atoms with Crippen LogP contribution < -0.4 is 0 Å². The number of carboxylic acid groups (broad SMARTS) is 1. The van der Waals surface area contributed by atoms with Crippen molar-refractivity contribution < 1.29 is 9.90 Å². The van der Waals surface area contributed by atoms with Crippen LogP contribution in [0.5, 0.6) is 0 Å². The first-order valence-electron chi connectivity index (χ1n) is 5.04. The minimum absolute atomic E-state index is 0.228. The van der Waals surface area contributed by atoms with E-state index in [9.17, 15) is 4.79 Å². The molecule has 84 valence electrons. The Hall–Kier alpha value is -0.610. The summed E-state index contributed by atoms with van der Waals surface area (Å²) in [6.45, 7) is 6.73. The van der Waals surface area contributed by atoms with E-state index >= 15 is 0 Å². The fourth-order valence-corrected chi connectivity index (χ4v) is 1.20. The first-order valence-corrected chi connectivity index (χ1v) is 5.04. The summed E-state index contributed by atoms with van der Waals surface area (Å²) >= 11 is 0. The molecule has 4 nitrogen and oxygen atoms in total. The number of carbonyl (C=O) groups is 1. The zero-order chi connectivity index (χ0) is 11.1. The van der Waals surface area contributed by atoms with Gasteiger partial charge < -0.3 is 10.0 Å². The van der Waals surface area contributed by atoms with Crippen LogP contribution in [0.25, 0.3) is 0 Å². The molecule has 0 saturated carbocycles. The molecular weight excluding hydrogens is 180 g/mol. The molecule has 0 aliphatic carbocycles. The third-order valence-electron chi connectivity index (χ3n) is 2.18. The van der Waals surface area contributed by atoms with Gasteiger partial charge in [-0.2, -0.15) is 0 Å². The predicted octanol–water partition coefficient (Wildman–Crippen LogP) is 0.733. The van der Waals surface area contributed by atoms with Crippen molar-refractivity contribution in [3.63, 3.8) is 0 Å². The van der Waals surface area contributed by atoms with Gasteiger partial charge in [0.05, 0.1) is 6.42 Å². The highest BCUT2D eigenvalue weighted by atomic mass is 16.4. The minimum atomic E-state index is -0.722. The van der Waals surface area contributed by atoms with Crippen molar-refractivity contribution in [1.29, 1.82) is 0 Å². The summed E-state index contributed by atoms with van der Waals surface area (Å²) in [6.07, 6.45) is 0.228. The van der Waals surface area contributed by atoms with Crippen LogP contribution in [-0.4, -0.2) is 60.6 Å².